The Bertz CT molecular complexity index is 1140. The highest BCUT2D eigenvalue weighted by Gasteiger charge is 2.33. The Hall–Kier alpha value is -3.34. The first-order chi connectivity index (χ1) is 15.9. The van der Waals surface area contributed by atoms with Gasteiger partial charge in [0.2, 0.25) is 0 Å². The van der Waals surface area contributed by atoms with E-state index in [1.54, 1.807) is 12.0 Å². The minimum Gasteiger partial charge on any atom is -0.496 e. The standard InChI is InChI=1S/C28H30FNO3/c1-18(2)24-14-25(27(32-4)15-26(24)29)23-11-10-19(3)12-21(23)16-30-22(17-33-28(30)31)13-20-8-6-5-7-9-20/h5-12,14-15,18,22H,13,16-17H2,1-4H3/t22-/m1/s1. The van der Waals surface area contributed by atoms with Gasteiger partial charge >= 0.3 is 6.09 Å². The number of hydrogen-bond acceptors (Lipinski definition) is 3. The van der Waals surface area contributed by atoms with Crippen molar-refractivity contribution in [2.24, 2.45) is 0 Å². The highest BCUT2D eigenvalue weighted by atomic mass is 19.1. The van der Waals surface area contributed by atoms with Crippen LogP contribution in [-0.2, 0) is 17.7 Å². The lowest BCUT2D eigenvalue weighted by atomic mass is 9.92. The molecule has 0 radical (unpaired) electrons. The lowest BCUT2D eigenvalue weighted by Crippen LogP contribution is -2.34. The molecule has 3 aromatic carbocycles. The summed E-state index contributed by atoms with van der Waals surface area (Å²) < 4.78 is 25.6. The molecule has 172 valence electrons. The highest BCUT2D eigenvalue weighted by molar-refractivity contribution is 5.76. The van der Waals surface area contributed by atoms with Crippen molar-refractivity contribution in [3.05, 3.63) is 88.7 Å². The number of nitrogens with zero attached hydrogens (tertiary/aromatic N) is 1. The second-order valence-corrected chi connectivity index (χ2v) is 8.94. The normalized spacial score (nSPS) is 15.8. The molecule has 33 heavy (non-hydrogen) atoms. The largest absolute Gasteiger partial charge is 0.496 e. The van der Waals surface area contributed by atoms with Crippen LogP contribution >= 0.6 is 0 Å². The van der Waals surface area contributed by atoms with E-state index in [4.69, 9.17) is 9.47 Å². The van der Waals surface area contributed by atoms with Gasteiger partial charge in [0.15, 0.2) is 0 Å². The number of cyclic esters (lactones) is 1. The minimum atomic E-state index is -0.308. The molecule has 1 aliphatic rings. The van der Waals surface area contributed by atoms with Gasteiger partial charge in [0.05, 0.1) is 19.7 Å². The smallest absolute Gasteiger partial charge is 0.410 e. The third kappa shape index (κ3) is 4.87. The van der Waals surface area contributed by atoms with Crippen LogP contribution in [0.5, 0.6) is 5.75 Å². The maximum atomic E-state index is 14.6. The molecule has 0 spiro atoms. The first kappa shape index (κ1) is 22.8. The van der Waals surface area contributed by atoms with Gasteiger partial charge in [-0.3, -0.25) is 4.90 Å². The molecule has 0 bridgehead atoms. The van der Waals surface area contributed by atoms with Crippen LogP contribution in [0.25, 0.3) is 11.1 Å². The Balaban J connectivity index is 1.72. The number of carbonyl (C=O) groups excluding carboxylic acids is 1. The molecule has 3 aromatic rings. The van der Waals surface area contributed by atoms with Crippen molar-refractivity contribution in [3.8, 4) is 16.9 Å². The molecular formula is C28H30FNO3. The summed E-state index contributed by atoms with van der Waals surface area (Å²) in [6.07, 6.45) is 0.419. The molecule has 1 saturated heterocycles. The predicted molar refractivity (Wildman–Crippen MR) is 128 cm³/mol. The maximum absolute atomic E-state index is 14.6. The lowest BCUT2D eigenvalue weighted by Gasteiger charge is -2.24. The van der Waals surface area contributed by atoms with E-state index in [2.05, 4.69) is 18.2 Å². The Kier molecular flexibility index (Phi) is 6.68. The van der Waals surface area contributed by atoms with Crippen LogP contribution in [0.1, 0.15) is 42.0 Å². The van der Waals surface area contributed by atoms with E-state index in [1.807, 2.05) is 57.2 Å². The van der Waals surface area contributed by atoms with Crippen molar-refractivity contribution in [1.29, 1.82) is 0 Å². The van der Waals surface area contributed by atoms with Gasteiger partial charge in [0.1, 0.15) is 18.2 Å². The monoisotopic (exact) mass is 447 g/mol. The van der Waals surface area contributed by atoms with E-state index in [0.717, 1.165) is 34.2 Å². The van der Waals surface area contributed by atoms with E-state index in [0.29, 0.717) is 24.5 Å². The molecule has 4 nitrogen and oxygen atoms in total. The zero-order valence-corrected chi connectivity index (χ0v) is 19.6. The van der Waals surface area contributed by atoms with Gasteiger partial charge in [0, 0.05) is 11.6 Å². The molecule has 1 amide bonds. The van der Waals surface area contributed by atoms with Gasteiger partial charge < -0.3 is 9.47 Å². The van der Waals surface area contributed by atoms with Crippen LogP contribution in [0, 0.1) is 12.7 Å². The van der Waals surface area contributed by atoms with Gasteiger partial charge in [-0.2, -0.15) is 0 Å². The number of ether oxygens (including phenoxy) is 2. The van der Waals surface area contributed by atoms with Gasteiger partial charge in [-0.25, -0.2) is 9.18 Å². The fourth-order valence-electron chi connectivity index (χ4n) is 4.43. The molecule has 0 saturated carbocycles. The molecule has 0 N–H and O–H groups in total. The topological polar surface area (TPSA) is 38.8 Å². The van der Waals surface area contributed by atoms with Crippen LogP contribution in [0.2, 0.25) is 0 Å². The van der Waals surface area contributed by atoms with E-state index >= 15 is 0 Å². The van der Waals surface area contributed by atoms with Crippen molar-refractivity contribution < 1.29 is 18.7 Å². The Morgan fingerprint density at radius 1 is 1.09 bits per heavy atom. The van der Waals surface area contributed by atoms with Crippen LogP contribution in [0.15, 0.2) is 60.7 Å². The number of halogens is 1. The summed E-state index contributed by atoms with van der Waals surface area (Å²) in [5, 5.41) is 0. The fourth-order valence-corrected chi connectivity index (χ4v) is 4.43. The van der Waals surface area contributed by atoms with Crippen molar-refractivity contribution >= 4 is 6.09 Å². The third-order valence-corrected chi connectivity index (χ3v) is 6.22. The van der Waals surface area contributed by atoms with Gasteiger partial charge in [-0.05, 0) is 47.6 Å². The number of hydrogen-bond donors (Lipinski definition) is 0. The SMILES string of the molecule is COc1cc(F)c(C(C)C)cc1-c1ccc(C)cc1CN1C(=O)OC[C@H]1Cc1ccccc1. The van der Waals surface area contributed by atoms with E-state index in [1.165, 1.54) is 6.07 Å². The molecule has 5 heteroatoms. The Morgan fingerprint density at radius 2 is 1.85 bits per heavy atom. The van der Waals surface area contributed by atoms with Gasteiger partial charge in [-0.1, -0.05) is 67.9 Å². The quantitative estimate of drug-likeness (QED) is 0.415. The second-order valence-electron chi connectivity index (χ2n) is 8.94. The zero-order chi connectivity index (χ0) is 23.5. The van der Waals surface area contributed by atoms with Crippen molar-refractivity contribution in [3.63, 3.8) is 0 Å². The zero-order valence-electron chi connectivity index (χ0n) is 19.6. The molecule has 1 atom stereocenters. The van der Waals surface area contributed by atoms with Crippen molar-refractivity contribution in [2.45, 2.75) is 45.7 Å². The molecule has 0 aromatic heterocycles. The van der Waals surface area contributed by atoms with Gasteiger partial charge in [-0.15, -0.1) is 0 Å². The number of rotatable bonds is 7. The molecule has 1 fully saturated rings. The molecule has 1 aliphatic heterocycles. The average molecular weight is 448 g/mol. The van der Waals surface area contributed by atoms with Crippen LogP contribution in [0.4, 0.5) is 9.18 Å². The molecular weight excluding hydrogens is 417 g/mol. The molecule has 1 heterocycles. The number of carbonyl (C=O) groups is 1. The minimum absolute atomic E-state index is 0.0346. The summed E-state index contributed by atoms with van der Waals surface area (Å²) >= 11 is 0. The van der Waals surface area contributed by atoms with Crippen molar-refractivity contribution in [1.82, 2.24) is 4.90 Å². The molecule has 4 rings (SSSR count). The lowest BCUT2D eigenvalue weighted by molar-refractivity contribution is 0.156. The summed E-state index contributed by atoms with van der Waals surface area (Å²) in [5.41, 5.74) is 5.62. The predicted octanol–water partition coefficient (Wildman–Crippen LogP) is 6.50. The number of benzene rings is 3. The van der Waals surface area contributed by atoms with Crippen LogP contribution in [0.3, 0.4) is 0 Å². The van der Waals surface area contributed by atoms with E-state index < -0.39 is 0 Å². The number of aryl methyl sites for hydroxylation is 1. The summed E-state index contributed by atoms with van der Waals surface area (Å²) in [5.74, 6) is 0.240. The maximum Gasteiger partial charge on any atom is 0.410 e. The summed E-state index contributed by atoms with van der Waals surface area (Å²) in [4.78, 5) is 14.4. The fraction of sp³-hybridized carbons (Fsp3) is 0.321. The second kappa shape index (κ2) is 9.65. The summed E-state index contributed by atoms with van der Waals surface area (Å²) in [6, 6.07) is 19.5. The first-order valence-corrected chi connectivity index (χ1v) is 11.3. The Morgan fingerprint density at radius 3 is 2.55 bits per heavy atom. The third-order valence-electron chi connectivity index (χ3n) is 6.22. The first-order valence-electron chi connectivity index (χ1n) is 11.3. The van der Waals surface area contributed by atoms with Gasteiger partial charge in [0.25, 0.3) is 0 Å². The highest BCUT2D eigenvalue weighted by Crippen LogP contribution is 2.38. The average Bonchev–Trinajstić information content (AvgIpc) is 3.13. The van der Waals surface area contributed by atoms with Crippen LogP contribution < -0.4 is 4.74 Å². The van der Waals surface area contributed by atoms with E-state index in [-0.39, 0.29) is 23.9 Å². The molecule has 0 aliphatic carbocycles. The van der Waals surface area contributed by atoms with Crippen LogP contribution in [-0.4, -0.2) is 30.8 Å². The number of methoxy groups -OCH3 is 1. The summed E-state index contributed by atoms with van der Waals surface area (Å²) in [7, 11) is 1.55. The van der Waals surface area contributed by atoms with E-state index in [9.17, 15) is 9.18 Å². The number of amides is 1. The van der Waals surface area contributed by atoms with Crippen molar-refractivity contribution in [2.75, 3.05) is 13.7 Å². The molecule has 0 unspecified atom stereocenters. The Labute approximate surface area is 195 Å². The summed E-state index contributed by atoms with van der Waals surface area (Å²) in [6.45, 7) is 6.74.